The van der Waals surface area contributed by atoms with Crippen LogP contribution in [0.4, 0.5) is 0 Å². The normalized spacial score (nSPS) is 10.4. The average molecular weight is 330 g/mol. The molecule has 0 aliphatic carbocycles. The third-order valence-electron chi connectivity index (χ3n) is 2.02. The van der Waals surface area contributed by atoms with Crippen LogP contribution >= 0.6 is 22.6 Å². The summed E-state index contributed by atoms with van der Waals surface area (Å²) in [6.07, 6.45) is 0.629. The van der Waals surface area contributed by atoms with Gasteiger partial charge in [0.15, 0.2) is 0 Å². The maximum Gasteiger partial charge on any atom is 0.232 e. The van der Waals surface area contributed by atoms with Crippen LogP contribution in [0.1, 0.15) is 11.5 Å². The number of halogens is 1. The van der Waals surface area contributed by atoms with Crippen molar-refractivity contribution in [1.82, 2.24) is 10.1 Å². The first kappa shape index (κ1) is 11.4. The first-order valence-corrected chi connectivity index (χ1v) is 5.99. The summed E-state index contributed by atoms with van der Waals surface area (Å²) in [5.41, 5.74) is 1.19. The first-order chi connectivity index (χ1) is 7.74. The quantitative estimate of drug-likeness (QED) is 0.809. The Morgan fingerprint density at radius 2 is 2.31 bits per heavy atom. The second-order valence-electron chi connectivity index (χ2n) is 3.37. The summed E-state index contributed by atoms with van der Waals surface area (Å²) in [6.45, 7) is 2.58. The van der Waals surface area contributed by atoms with E-state index in [1.807, 2.05) is 53.8 Å². The molecule has 0 N–H and O–H groups in total. The van der Waals surface area contributed by atoms with E-state index < -0.39 is 0 Å². The Labute approximate surface area is 107 Å². The molecule has 0 unspecified atom stereocenters. The van der Waals surface area contributed by atoms with Crippen LogP contribution in [0.2, 0.25) is 0 Å². The fourth-order valence-electron chi connectivity index (χ4n) is 1.30. The molecule has 0 aliphatic rings. The van der Waals surface area contributed by atoms with Gasteiger partial charge in [0.25, 0.3) is 0 Å². The lowest BCUT2D eigenvalue weighted by atomic mass is 10.2. The summed E-state index contributed by atoms with van der Waals surface area (Å²) in [7, 11) is 0. The second kappa shape index (κ2) is 5.29. The topological polar surface area (TPSA) is 48.2 Å². The molecular weight excluding hydrogens is 319 g/mol. The van der Waals surface area contributed by atoms with Crippen LogP contribution in [0.5, 0.6) is 5.75 Å². The highest BCUT2D eigenvalue weighted by Crippen LogP contribution is 2.12. The van der Waals surface area contributed by atoms with Crippen molar-refractivity contribution in [3.8, 4) is 5.75 Å². The molecule has 0 aliphatic heterocycles. The highest BCUT2D eigenvalue weighted by Gasteiger charge is 2.03. The van der Waals surface area contributed by atoms with E-state index in [9.17, 15) is 0 Å². The van der Waals surface area contributed by atoms with E-state index in [0.717, 1.165) is 5.75 Å². The molecule has 0 saturated carbocycles. The number of benzene rings is 1. The monoisotopic (exact) mass is 330 g/mol. The maximum absolute atomic E-state index is 5.57. The SMILES string of the molecule is Cc1cccc(OCCc2nc(I)no2)c1. The molecule has 84 valence electrons. The summed E-state index contributed by atoms with van der Waals surface area (Å²) in [4.78, 5) is 4.09. The maximum atomic E-state index is 5.57. The zero-order valence-electron chi connectivity index (χ0n) is 8.81. The molecule has 1 aromatic carbocycles. The van der Waals surface area contributed by atoms with E-state index in [-0.39, 0.29) is 0 Å². The van der Waals surface area contributed by atoms with Crippen molar-refractivity contribution in [3.05, 3.63) is 39.6 Å². The minimum absolute atomic E-state index is 0.543. The molecule has 2 rings (SSSR count). The zero-order chi connectivity index (χ0) is 11.4. The number of rotatable bonds is 4. The van der Waals surface area contributed by atoms with Crippen LogP contribution in [-0.4, -0.2) is 16.7 Å². The van der Waals surface area contributed by atoms with Gasteiger partial charge in [-0.3, -0.25) is 0 Å². The van der Waals surface area contributed by atoms with Gasteiger partial charge in [0, 0.05) is 22.6 Å². The summed E-state index contributed by atoms with van der Waals surface area (Å²) >= 11 is 2.01. The Bertz CT molecular complexity index is 471. The molecule has 16 heavy (non-hydrogen) atoms. The molecule has 0 bridgehead atoms. The predicted octanol–water partition coefficient (Wildman–Crippen LogP) is 2.60. The van der Waals surface area contributed by atoms with Gasteiger partial charge in [-0.1, -0.05) is 17.3 Å². The lowest BCUT2D eigenvalue weighted by Gasteiger charge is -2.04. The van der Waals surface area contributed by atoms with Crippen molar-refractivity contribution in [2.45, 2.75) is 13.3 Å². The number of hydrogen-bond donors (Lipinski definition) is 0. The number of hydrogen-bond acceptors (Lipinski definition) is 4. The number of aryl methyl sites for hydroxylation is 1. The van der Waals surface area contributed by atoms with Gasteiger partial charge in [-0.25, -0.2) is 0 Å². The van der Waals surface area contributed by atoms with E-state index in [4.69, 9.17) is 9.26 Å². The minimum Gasteiger partial charge on any atom is -0.493 e. The van der Waals surface area contributed by atoms with Crippen LogP contribution in [-0.2, 0) is 6.42 Å². The number of nitrogens with zero attached hydrogens (tertiary/aromatic N) is 2. The van der Waals surface area contributed by atoms with E-state index >= 15 is 0 Å². The van der Waals surface area contributed by atoms with Crippen molar-refractivity contribution in [1.29, 1.82) is 0 Å². The van der Waals surface area contributed by atoms with E-state index in [0.29, 0.717) is 22.7 Å². The zero-order valence-corrected chi connectivity index (χ0v) is 11.0. The fraction of sp³-hybridized carbons (Fsp3) is 0.273. The van der Waals surface area contributed by atoms with Crippen molar-refractivity contribution in [3.63, 3.8) is 0 Å². The second-order valence-corrected chi connectivity index (χ2v) is 4.34. The molecule has 5 heteroatoms. The molecular formula is C11H11IN2O2. The molecule has 1 heterocycles. The van der Waals surface area contributed by atoms with E-state index in [1.165, 1.54) is 5.56 Å². The number of aromatic nitrogens is 2. The Kier molecular flexibility index (Phi) is 3.76. The third kappa shape index (κ3) is 3.19. The summed E-state index contributed by atoms with van der Waals surface area (Å²) in [5, 5.41) is 3.70. The molecule has 0 amide bonds. The average Bonchev–Trinajstić information content (AvgIpc) is 2.64. The van der Waals surface area contributed by atoms with Crippen LogP contribution in [0.15, 0.2) is 28.8 Å². The van der Waals surface area contributed by atoms with Crippen molar-refractivity contribution in [2.75, 3.05) is 6.61 Å². The Morgan fingerprint density at radius 3 is 3.00 bits per heavy atom. The van der Waals surface area contributed by atoms with Crippen LogP contribution in [0.25, 0.3) is 0 Å². The van der Waals surface area contributed by atoms with Gasteiger partial charge in [-0.15, -0.1) is 0 Å². The van der Waals surface area contributed by atoms with Gasteiger partial charge in [0.05, 0.1) is 13.0 Å². The Morgan fingerprint density at radius 1 is 1.44 bits per heavy atom. The van der Waals surface area contributed by atoms with Gasteiger partial charge in [0.1, 0.15) is 5.75 Å². The molecule has 0 atom stereocenters. The van der Waals surface area contributed by atoms with Gasteiger partial charge in [-0.2, -0.15) is 4.98 Å². The van der Waals surface area contributed by atoms with Crippen LogP contribution in [0.3, 0.4) is 0 Å². The van der Waals surface area contributed by atoms with Crippen molar-refractivity contribution in [2.24, 2.45) is 0 Å². The molecule has 0 fully saturated rings. The van der Waals surface area contributed by atoms with Crippen molar-refractivity contribution < 1.29 is 9.26 Å². The summed E-state index contributed by atoms with van der Waals surface area (Å²) in [5.74, 6) is 1.48. The highest BCUT2D eigenvalue weighted by atomic mass is 127. The molecule has 0 saturated heterocycles. The number of ether oxygens (including phenoxy) is 1. The van der Waals surface area contributed by atoms with Crippen molar-refractivity contribution >= 4 is 22.6 Å². The molecule has 2 aromatic rings. The summed E-state index contributed by atoms with van der Waals surface area (Å²) in [6, 6.07) is 7.94. The summed E-state index contributed by atoms with van der Waals surface area (Å²) < 4.78 is 11.2. The smallest absolute Gasteiger partial charge is 0.232 e. The lowest BCUT2D eigenvalue weighted by Crippen LogP contribution is -2.01. The lowest BCUT2D eigenvalue weighted by molar-refractivity contribution is 0.292. The fourth-order valence-corrected chi connectivity index (χ4v) is 1.66. The van der Waals surface area contributed by atoms with Gasteiger partial charge in [-0.05, 0) is 24.6 Å². The van der Waals surface area contributed by atoms with E-state index in [2.05, 4.69) is 10.1 Å². The highest BCUT2D eigenvalue weighted by molar-refractivity contribution is 14.1. The Balaban J connectivity index is 1.84. The minimum atomic E-state index is 0.543. The molecule has 1 aromatic heterocycles. The molecule has 0 spiro atoms. The van der Waals surface area contributed by atoms with E-state index in [1.54, 1.807) is 0 Å². The standard InChI is InChI=1S/C11H11IN2O2/c1-8-3-2-4-9(7-8)15-6-5-10-13-11(12)14-16-10/h2-4,7H,5-6H2,1H3. The van der Waals surface area contributed by atoms with Gasteiger partial charge < -0.3 is 9.26 Å². The van der Waals surface area contributed by atoms with Crippen LogP contribution in [0, 0.1) is 10.8 Å². The third-order valence-corrected chi connectivity index (χ3v) is 2.46. The van der Waals surface area contributed by atoms with Crippen LogP contribution < -0.4 is 4.74 Å². The Hall–Kier alpha value is -1.11. The van der Waals surface area contributed by atoms with Gasteiger partial charge >= 0.3 is 0 Å². The first-order valence-electron chi connectivity index (χ1n) is 4.91. The predicted molar refractivity (Wildman–Crippen MR) is 67.4 cm³/mol. The van der Waals surface area contributed by atoms with Gasteiger partial charge in [0.2, 0.25) is 9.72 Å². The molecule has 4 nitrogen and oxygen atoms in total. The molecule has 0 radical (unpaired) electrons. The largest absolute Gasteiger partial charge is 0.493 e.